The van der Waals surface area contributed by atoms with E-state index in [4.69, 9.17) is 0 Å². The number of hydrogen-bond donors (Lipinski definition) is 0. The third kappa shape index (κ3) is 6.74. The summed E-state index contributed by atoms with van der Waals surface area (Å²) in [6, 6.07) is 0. The van der Waals surface area contributed by atoms with Gasteiger partial charge in [-0.2, -0.15) is 0 Å². The van der Waals surface area contributed by atoms with Crippen molar-refractivity contribution in [2.24, 2.45) is 0 Å². The Labute approximate surface area is 63.4 Å². The maximum absolute atomic E-state index is 2.27. The molecule has 0 aromatic heterocycles. The third-order valence-corrected chi connectivity index (χ3v) is 1.44. The van der Waals surface area contributed by atoms with E-state index in [0.29, 0.717) is 0 Å². The molecule has 0 atom stereocenters. The van der Waals surface area contributed by atoms with Crippen molar-refractivity contribution >= 4 is 27.9 Å². The molecule has 0 aromatic rings. The molecule has 0 bridgehead atoms. The Kier molecular flexibility index (Phi) is 7.45. The first-order valence-electron chi connectivity index (χ1n) is 3.06. The Hall–Kier alpha value is 0.740. The SMILES string of the molecule is CC/C=C/C[CH2][Na]. The predicted octanol–water partition coefficient (Wildman–Crippen LogP) is 1.93. The Morgan fingerprint density at radius 2 is 2.14 bits per heavy atom. The van der Waals surface area contributed by atoms with Crippen molar-refractivity contribution < 1.29 is 0 Å². The van der Waals surface area contributed by atoms with Crippen LogP contribution in [0.3, 0.4) is 0 Å². The zero-order valence-electron chi connectivity index (χ0n) is 5.28. The van der Waals surface area contributed by atoms with E-state index in [-0.39, 0.29) is 0 Å². The molecule has 0 heterocycles. The summed E-state index contributed by atoms with van der Waals surface area (Å²) in [6.07, 6.45) is 7.01. The Morgan fingerprint density at radius 3 is 2.57 bits per heavy atom. The monoisotopic (exact) mass is 106 g/mol. The van der Waals surface area contributed by atoms with Crippen molar-refractivity contribution in [1.82, 2.24) is 0 Å². The van der Waals surface area contributed by atoms with Gasteiger partial charge >= 0.3 is 63.5 Å². The van der Waals surface area contributed by atoms with Crippen LogP contribution in [-0.2, 0) is 0 Å². The van der Waals surface area contributed by atoms with E-state index in [0.717, 1.165) is 0 Å². The molecule has 0 nitrogen and oxygen atoms in total. The van der Waals surface area contributed by atoms with E-state index < -0.39 is 0 Å². The molecule has 1 heteroatoms. The van der Waals surface area contributed by atoms with Crippen LogP contribution in [0.2, 0.25) is 3.67 Å². The van der Waals surface area contributed by atoms with Gasteiger partial charge in [0.1, 0.15) is 0 Å². The van der Waals surface area contributed by atoms with Crippen LogP contribution in [0, 0.1) is 0 Å². The van der Waals surface area contributed by atoms with Crippen LogP contribution in [0.4, 0.5) is 0 Å². The topological polar surface area (TPSA) is 0 Å². The van der Waals surface area contributed by atoms with Gasteiger partial charge in [-0.25, -0.2) is 0 Å². The van der Waals surface area contributed by atoms with Crippen molar-refractivity contribution in [1.29, 1.82) is 0 Å². The average molecular weight is 106 g/mol. The molecular formula is C6H11Na. The molecule has 0 spiro atoms. The van der Waals surface area contributed by atoms with Crippen molar-refractivity contribution in [3.8, 4) is 0 Å². The fourth-order valence-electron chi connectivity index (χ4n) is 0.451. The summed E-state index contributed by atoms with van der Waals surface area (Å²) < 4.78 is 1.41. The van der Waals surface area contributed by atoms with E-state index in [9.17, 15) is 0 Å². The molecule has 0 aliphatic carbocycles. The maximum atomic E-state index is 2.27. The summed E-state index contributed by atoms with van der Waals surface area (Å²) in [5.74, 6) is 0. The first-order valence-corrected chi connectivity index (χ1v) is 4.48. The second-order valence-electron chi connectivity index (χ2n) is 1.67. The molecule has 0 unspecified atom stereocenters. The van der Waals surface area contributed by atoms with Gasteiger partial charge in [0.15, 0.2) is 0 Å². The van der Waals surface area contributed by atoms with Crippen LogP contribution in [0.25, 0.3) is 0 Å². The predicted molar refractivity (Wildman–Crippen MR) is 34.6 cm³/mol. The van der Waals surface area contributed by atoms with E-state index in [1.165, 1.54) is 44.4 Å². The van der Waals surface area contributed by atoms with E-state index >= 15 is 0 Å². The molecular weight excluding hydrogens is 95.1 g/mol. The fourth-order valence-corrected chi connectivity index (χ4v) is 0.785. The van der Waals surface area contributed by atoms with Crippen molar-refractivity contribution in [3.05, 3.63) is 12.2 Å². The van der Waals surface area contributed by atoms with Gasteiger partial charge in [-0.15, -0.1) is 0 Å². The molecule has 0 aromatic carbocycles. The zero-order chi connectivity index (χ0) is 5.54. The third-order valence-electron chi connectivity index (χ3n) is 0.858. The molecule has 0 amide bonds. The normalized spacial score (nSPS) is 10.7. The van der Waals surface area contributed by atoms with Crippen molar-refractivity contribution in [2.45, 2.75) is 23.4 Å². The van der Waals surface area contributed by atoms with Gasteiger partial charge in [-0.1, -0.05) is 0 Å². The molecule has 0 radical (unpaired) electrons. The molecule has 0 saturated carbocycles. The number of rotatable bonds is 3. The van der Waals surface area contributed by atoms with Crippen LogP contribution < -0.4 is 0 Å². The molecule has 7 heavy (non-hydrogen) atoms. The standard InChI is InChI=1S/C6H11.Na/c1-3-5-6-4-2;/h5-6H,1,3-4H2,2H3;/b6-5+;. The second kappa shape index (κ2) is 6.74. The summed E-state index contributed by atoms with van der Waals surface area (Å²) in [6.45, 7) is 2.17. The van der Waals surface area contributed by atoms with Gasteiger partial charge in [0.05, 0.1) is 0 Å². The van der Waals surface area contributed by atoms with Crippen LogP contribution in [0.5, 0.6) is 0 Å². The van der Waals surface area contributed by atoms with Crippen LogP contribution in [-0.4, -0.2) is 27.9 Å². The van der Waals surface area contributed by atoms with E-state index in [2.05, 4.69) is 19.1 Å². The van der Waals surface area contributed by atoms with Crippen LogP contribution in [0.1, 0.15) is 19.8 Å². The minimum absolute atomic E-state index is 1.20. The quantitative estimate of drug-likeness (QED) is 0.381. The Bertz CT molecular complexity index is 48.1. The second-order valence-corrected chi connectivity index (χ2v) is 2.67. The summed E-state index contributed by atoms with van der Waals surface area (Å²) in [5, 5.41) is 0. The Morgan fingerprint density at radius 1 is 1.43 bits per heavy atom. The molecule has 0 fully saturated rings. The molecule has 0 aliphatic heterocycles. The summed E-state index contributed by atoms with van der Waals surface area (Å²) in [4.78, 5) is 0. The van der Waals surface area contributed by atoms with Crippen LogP contribution >= 0.6 is 0 Å². The summed E-state index contributed by atoms with van der Waals surface area (Å²) in [5.41, 5.74) is 0. The van der Waals surface area contributed by atoms with E-state index in [1.54, 1.807) is 0 Å². The molecule has 0 N–H and O–H groups in total. The zero-order valence-corrected chi connectivity index (χ0v) is 7.28. The Balaban J connectivity index is 2.78. The minimum atomic E-state index is 1.20. The summed E-state index contributed by atoms with van der Waals surface area (Å²) >= 11 is 1.35. The summed E-state index contributed by atoms with van der Waals surface area (Å²) in [7, 11) is 0. The number of allylic oxidation sites excluding steroid dienone is 2. The average Bonchev–Trinajstić information content (AvgIpc) is 1.69. The first-order chi connectivity index (χ1) is 3.41. The van der Waals surface area contributed by atoms with Gasteiger partial charge in [0.25, 0.3) is 0 Å². The van der Waals surface area contributed by atoms with Crippen LogP contribution in [0.15, 0.2) is 12.2 Å². The first kappa shape index (κ1) is 7.74. The van der Waals surface area contributed by atoms with Crippen molar-refractivity contribution in [2.75, 3.05) is 0 Å². The fraction of sp³-hybridized carbons (Fsp3) is 0.667. The molecule has 36 valence electrons. The van der Waals surface area contributed by atoms with Gasteiger partial charge in [0, 0.05) is 0 Å². The van der Waals surface area contributed by atoms with Gasteiger partial charge in [0.2, 0.25) is 0 Å². The van der Waals surface area contributed by atoms with Crippen molar-refractivity contribution in [3.63, 3.8) is 0 Å². The molecule has 0 aliphatic rings. The van der Waals surface area contributed by atoms with Gasteiger partial charge < -0.3 is 0 Å². The van der Waals surface area contributed by atoms with E-state index in [1.807, 2.05) is 0 Å². The number of hydrogen-bond acceptors (Lipinski definition) is 0. The van der Waals surface area contributed by atoms with Gasteiger partial charge in [-0.05, 0) is 0 Å². The molecule has 0 rings (SSSR count). The molecule has 0 saturated heterocycles. The van der Waals surface area contributed by atoms with Gasteiger partial charge in [-0.3, -0.25) is 0 Å².